The third-order valence-electron chi connectivity index (χ3n) is 2.80. The van der Waals surface area contributed by atoms with E-state index in [-0.39, 0.29) is 21.0 Å². The first-order chi connectivity index (χ1) is 11.2. The molecule has 0 aliphatic heterocycles. The molecule has 9 heteroatoms. The summed E-state index contributed by atoms with van der Waals surface area (Å²) in [5.74, 6) is -1.13. The molecule has 0 aliphatic rings. The highest BCUT2D eigenvalue weighted by Crippen LogP contribution is 2.33. The minimum absolute atomic E-state index is 0.0501. The zero-order valence-electron chi connectivity index (χ0n) is 12.0. The quantitative estimate of drug-likeness (QED) is 0.805. The van der Waals surface area contributed by atoms with Crippen LogP contribution in [0, 0.1) is 11.3 Å². The Labute approximate surface area is 141 Å². The molecular formula is C15H11F3N2O2S2. The van der Waals surface area contributed by atoms with Crippen molar-refractivity contribution in [2.45, 2.75) is 16.0 Å². The molecule has 0 radical (unpaired) electrons. The van der Waals surface area contributed by atoms with Crippen LogP contribution in [0.25, 0.3) is 0 Å². The molecule has 2 rings (SSSR count). The molecule has 0 fully saturated rings. The molecule has 2 aromatic carbocycles. The van der Waals surface area contributed by atoms with E-state index in [0.29, 0.717) is 11.8 Å². The molecule has 0 aliphatic carbocycles. The first-order valence-corrected chi connectivity index (χ1v) is 9.00. The van der Waals surface area contributed by atoms with Crippen LogP contribution in [-0.2, 0) is 10.0 Å². The number of para-hydroxylation sites is 1. The average Bonchev–Trinajstić information content (AvgIpc) is 2.53. The van der Waals surface area contributed by atoms with E-state index in [1.807, 2.05) is 6.07 Å². The van der Waals surface area contributed by atoms with Crippen molar-refractivity contribution in [3.05, 3.63) is 54.1 Å². The zero-order valence-corrected chi connectivity index (χ0v) is 13.7. The van der Waals surface area contributed by atoms with Gasteiger partial charge in [-0.3, -0.25) is 4.72 Å². The van der Waals surface area contributed by atoms with Gasteiger partial charge in [-0.15, -0.1) is 11.8 Å². The first-order valence-electron chi connectivity index (χ1n) is 6.53. The lowest BCUT2D eigenvalue weighted by atomic mass is 10.2. The Morgan fingerprint density at radius 2 is 1.83 bits per heavy atom. The summed E-state index contributed by atoms with van der Waals surface area (Å²) < 4.78 is 64.1. The summed E-state index contributed by atoms with van der Waals surface area (Å²) >= 11 is 0.493. The summed E-state index contributed by atoms with van der Waals surface area (Å²) in [6, 6.07) is 13.0. The van der Waals surface area contributed by atoms with Gasteiger partial charge in [0.05, 0.1) is 28.0 Å². The molecule has 0 heterocycles. The van der Waals surface area contributed by atoms with Crippen LogP contribution in [0.5, 0.6) is 0 Å². The van der Waals surface area contributed by atoms with Gasteiger partial charge >= 0.3 is 6.18 Å². The summed E-state index contributed by atoms with van der Waals surface area (Å²) in [7, 11) is -4.02. The standard InChI is InChI=1S/C15H11F3N2O2S2/c16-15(17,18)10-23-14-7-2-1-6-13(14)20-24(21,22)12-5-3-4-11(8-12)9-19/h1-8,20H,10H2. The summed E-state index contributed by atoms with van der Waals surface area (Å²) in [5, 5.41) is 8.83. The molecule has 126 valence electrons. The predicted octanol–water partition coefficient (Wildman–Crippen LogP) is 4.01. The lowest BCUT2D eigenvalue weighted by molar-refractivity contribution is -0.105. The molecule has 24 heavy (non-hydrogen) atoms. The van der Waals surface area contributed by atoms with Gasteiger partial charge < -0.3 is 0 Å². The lowest BCUT2D eigenvalue weighted by Gasteiger charge is -2.13. The number of hydrogen-bond donors (Lipinski definition) is 1. The second kappa shape index (κ2) is 7.15. The van der Waals surface area contributed by atoms with Gasteiger partial charge in [-0.2, -0.15) is 18.4 Å². The van der Waals surface area contributed by atoms with Gasteiger partial charge in [-0.25, -0.2) is 8.42 Å². The molecule has 0 atom stereocenters. The van der Waals surface area contributed by atoms with Crippen LogP contribution >= 0.6 is 11.8 Å². The van der Waals surface area contributed by atoms with Crippen molar-refractivity contribution in [1.82, 2.24) is 0 Å². The van der Waals surface area contributed by atoms with Crippen molar-refractivity contribution in [3.8, 4) is 6.07 Å². The van der Waals surface area contributed by atoms with Crippen molar-refractivity contribution < 1.29 is 21.6 Å². The molecule has 2 aromatic rings. The number of nitriles is 1. The number of rotatable bonds is 5. The highest BCUT2D eigenvalue weighted by molar-refractivity contribution is 7.99. The third kappa shape index (κ3) is 4.91. The number of anilines is 1. The van der Waals surface area contributed by atoms with Gasteiger partial charge in [-0.05, 0) is 30.3 Å². The van der Waals surface area contributed by atoms with Crippen LogP contribution < -0.4 is 4.72 Å². The molecule has 1 N–H and O–H groups in total. The maximum Gasteiger partial charge on any atom is 0.398 e. The van der Waals surface area contributed by atoms with Gasteiger partial charge in [-0.1, -0.05) is 18.2 Å². The van der Waals surface area contributed by atoms with E-state index >= 15 is 0 Å². The molecular weight excluding hydrogens is 361 g/mol. The van der Waals surface area contributed by atoms with Gasteiger partial charge in [0.1, 0.15) is 0 Å². The van der Waals surface area contributed by atoms with Crippen LogP contribution in [-0.4, -0.2) is 20.3 Å². The molecule has 0 spiro atoms. The van der Waals surface area contributed by atoms with E-state index in [4.69, 9.17) is 5.26 Å². The van der Waals surface area contributed by atoms with Crippen molar-refractivity contribution >= 4 is 27.5 Å². The number of hydrogen-bond acceptors (Lipinski definition) is 4. The molecule has 0 bridgehead atoms. The summed E-state index contributed by atoms with van der Waals surface area (Å²) in [6.07, 6.45) is -4.36. The largest absolute Gasteiger partial charge is 0.398 e. The number of thioether (sulfide) groups is 1. The molecule has 0 amide bonds. The topological polar surface area (TPSA) is 70.0 Å². The summed E-state index contributed by atoms with van der Waals surface area (Å²) in [6.45, 7) is 0. The lowest BCUT2D eigenvalue weighted by Crippen LogP contribution is -2.14. The van der Waals surface area contributed by atoms with Crippen molar-refractivity contribution in [2.75, 3.05) is 10.5 Å². The van der Waals surface area contributed by atoms with E-state index in [9.17, 15) is 21.6 Å². The number of halogens is 3. The van der Waals surface area contributed by atoms with Crippen LogP contribution in [0.4, 0.5) is 18.9 Å². The SMILES string of the molecule is N#Cc1cccc(S(=O)(=O)Nc2ccccc2SCC(F)(F)F)c1. The summed E-state index contributed by atoms with van der Waals surface area (Å²) in [5.41, 5.74) is 0.215. The molecule has 4 nitrogen and oxygen atoms in total. The van der Waals surface area contributed by atoms with Gasteiger partial charge in [0.25, 0.3) is 10.0 Å². The Morgan fingerprint density at radius 1 is 1.12 bits per heavy atom. The van der Waals surface area contributed by atoms with Crippen molar-refractivity contribution in [2.24, 2.45) is 0 Å². The Kier molecular flexibility index (Phi) is 5.41. The molecule has 0 saturated heterocycles. The number of nitrogens with one attached hydrogen (secondary N) is 1. The van der Waals surface area contributed by atoms with E-state index < -0.39 is 22.0 Å². The van der Waals surface area contributed by atoms with Gasteiger partial charge in [0.2, 0.25) is 0 Å². The summed E-state index contributed by atoms with van der Waals surface area (Å²) in [4.78, 5) is 0.0204. The fraction of sp³-hybridized carbons (Fsp3) is 0.133. The maximum atomic E-state index is 12.4. The molecule has 0 aromatic heterocycles. The Balaban J connectivity index is 2.28. The van der Waals surface area contributed by atoms with Crippen molar-refractivity contribution in [1.29, 1.82) is 5.26 Å². The number of benzene rings is 2. The predicted molar refractivity (Wildman–Crippen MR) is 85.2 cm³/mol. The van der Waals surface area contributed by atoms with Crippen molar-refractivity contribution in [3.63, 3.8) is 0 Å². The normalized spacial score (nSPS) is 11.8. The third-order valence-corrected chi connectivity index (χ3v) is 5.30. The van der Waals surface area contributed by atoms with Crippen LogP contribution in [0.2, 0.25) is 0 Å². The van der Waals surface area contributed by atoms with E-state index in [1.54, 1.807) is 0 Å². The van der Waals surface area contributed by atoms with Crippen LogP contribution in [0.15, 0.2) is 58.3 Å². The minimum Gasteiger partial charge on any atom is -0.278 e. The van der Waals surface area contributed by atoms with Crippen LogP contribution in [0.1, 0.15) is 5.56 Å². The highest BCUT2D eigenvalue weighted by Gasteiger charge is 2.28. The smallest absolute Gasteiger partial charge is 0.278 e. The second-order valence-electron chi connectivity index (χ2n) is 4.65. The maximum absolute atomic E-state index is 12.4. The average molecular weight is 372 g/mol. The zero-order chi connectivity index (χ0) is 17.8. The second-order valence-corrected chi connectivity index (χ2v) is 7.34. The van der Waals surface area contributed by atoms with E-state index in [1.165, 1.54) is 48.5 Å². The van der Waals surface area contributed by atoms with Crippen LogP contribution in [0.3, 0.4) is 0 Å². The van der Waals surface area contributed by atoms with E-state index in [2.05, 4.69) is 4.72 Å². The Morgan fingerprint density at radius 3 is 2.50 bits per heavy atom. The fourth-order valence-corrected chi connectivity index (χ4v) is 3.73. The molecule has 0 saturated carbocycles. The highest BCUT2D eigenvalue weighted by atomic mass is 32.2. The monoisotopic (exact) mass is 372 g/mol. The number of alkyl halides is 3. The van der Waals surface area contributed by atoms with E-state index in [0.717, 1.165) is 0 Å². The Hall–Kier alpha value is -2.18. The first kappa shape index (κ1) is 18.2. The minimum atomic E-state index is -4.36. The number of sulfonamides is 1. The fourth-order valence-electron chi connectivity index (χ4n) is 1.77. The Bertz CT molecular complexity index is 875. The van der Waals surface area contributed by atoms with Gasteiger partial charge in [0, 0.05) is 4.90 Å². The number of nitrogens with zero attached hydrogens (tertiary/aromatic N) is 1. The van der Waals surface area contributed by atoms with Gasteiger partial charge in [0.15, 0.2) is 0 Å². The molecule has 0 unspecified atom stereocenters.